The molecule has 1 heteroatoms. The number of allylic oxidation sites excluding steroid dienone is 2. The van der Waals surface area contributed by atoms with E-state index in [0.717, 1.165) is 0 Å². The molecule has 0 amide bonds. The summed E-state index contributed by atoms with van der Waals surface area (Å²) in [7, 11) is 2.16. The van der Waals surface area contributed by atoms with Gasteiger partial charge in [0.2, 0.25) is 5.69 Å². The van der Waals surface area contributed by atoms with Crippen LogP contribution in [0.15, 0.2) is 36.4 Å². The van der Waals surface area contributed by atoms with Crippen molar-refractivity contribution in [1.82, 2.24) is 0 Å². The van der Waals surface area contributed by atoms with Crippen LogP contribution in [0.1, 0.15) is 33.3 Å². The van der Waals surface area contributed by atoms with E-state index in [-0.39, 0.29) is 5.41 Å². The molecule has 0 atom stereocenters. The van der Waals surface area contributed by atoms with Gasteiger partial charge in [0.15, 0.2) is 5.71 Å². The molecule has 0 saturated heterocycles. The Hall–Kier alpha value is -1.37. The van der Waals surface area contributed by atoms with Gasteiger partial charge in [0.05, 0.1) is 5.41 Å². The van der Waals surface area contributed by atoms with Crippen LogP contribution in [0.2, 0.25) is 0 Å². The Bertz CT molecular complexity index is 490. The molecule has 1 aliphatic rings. The van der Waals surface area contributed by atoms with Crippen molar-refractivity contribution >= 4 is 11.4 Å². The van der Waals surface area contributed by atoms with Crippen molar-refractivity contribution in [2.45, 2.75) is 33.1 Å². The molecule has 0 radical (unpaired) electrons. The third kappa shape index (κ3) is 1.95. The summed E-state index contributed by atoms with van der Waals surface area (Å²) in [6.07, 6.45) is 4.56. The maximum atomic E-state index is 2.31. The van der Waals surface area contributed by atoms with Gasteiger partial charge in [-0.1, -0.05) is 38.1 Å². The fourth-order valence-electron chi connectivity index (χ4n) is 2.59. The third-order valence-corrected chi connectivity index (χ3v) is 3.58. The summed E-state index contributed by atoms with van der Waals surface area (Å²) in [6, 6.07) is 8.68. The van der Waals surface area contributed by atoms with Crippen LogP contribution in [0.5, 0.6) is 0 Å². The van der Waals surface area contributed by atoms with E-state index in [2.05, 4.69) is 75.7 Å². The van der Waals surface area contributed by atoms with E-state index in [1.165, 1.54) is 17.0 Å². The van der Waals surface area contributed by atoms with Gasteiger partial charge in [-0.15, -0.1) is 0 Å². The van der Waals surface area contributed by atoms with E-state index in [4.69, 9.17) is 0 Å². The molecule has 0 bridgehead atoms. The van der Waals surface area contributed by atoms with E-state index in [1.54, 1.807) is 0 Å². The molecule has 0 spiro atoms. The average molecular weight is 228 g/mol. The Balaban J connectivity index is 2.52. The summed E-state index contributed by atoms with van der Waals surface area (Å²) >= 11 is 0. The number of fused-ring (bicyclic) bond motifs is 1. The van der Waals surface area contributed by atoms with Gasteiger partial charge < -0.3 is 0 Å². The molecule has 0 N–H and O–H groups in total. The van der Waals surface area contributed by atoms with Crippen LogP contribution >= 0.6 is 0 Å². The zero-order valence-electron chi connectivity index (χ0n) is 11.5. The maximum Gasteiger partial charge on any atom is 0.209 e. The molecule has 17 heavy (non-hydrogen) atoms. The first-order chi connectivity index (χ1) is 7.94. The normalized spacial score (nSPS) is 18.2. The molecule has 1 aromatic rings. The summed E-state index contributed by atoms with van der Waals surface area (Å²) in [4.78, 5) is 0. The second kappa shape index (κ2) is 4.14. The van der Waals surface area contributed by atoms with Gasteiger partial charge in [0.1, 0.15) is 7.05 Å². The Morgan fingerprint density at radius 1 is 1.18 bits per heavy atom. The zero-order chi connectivity index (χ0) is 12.6. The van der Waals surface area contributed by atoms with Crippen molar-refractivity contribution in [3.05, 3.63) is 42.0 Å². The van der Waals surface area contributed by atoms with Crippen molar-refractivity contribution in [2.24, 2.45) is 5.92 Å². The number of nitrogens with zero attached hydrogens (tertiary/aromatic N) is 1. The topological polar surface area (TPSA) is 3.01 Å². The SMILES string of the molecule is CC(C)/C=C/C1=[N+](C)c2ccccc2C1(C)C. The Morgan fingerprint density at radius 2 is 1.82 bits per heavy atom. The van der Waals surface area contributed by atoms with Crippen LogP contribution in [0.3, 0.4) is 0 Å². The van der Waals surface area contributed by atoms with Crippen molar-refractivity contribution in [3.8, 4) is 0 Å². The smallest absolute Gasteiger partial charge is 0.198 e. The summed E-state index contributed by atoms with van der Waals surface area (Å²) in [6.45, 7) is 9.03. The minimum atomic E-state index is 0.108. The number of hydrogen-bond acceptors (Lipinski definition) is 0. The molecular weight excluding hydrogens is 206 g/mol. The molecule has 0 saturated carbocycles. The lowest BCUT2D eigenvalue weighted by atomic mass is 9.81. The van der Waals surface area contributed by atoms with E-state index in [9.17, 15) is 0 Å². The molecule has 1 aliphatic heterocycles. The predicted octanol–water partition coefficient (Wildman–Crippen LogP) is 3.90. The fraction of sp³-hybridized carbons (Fsp3) is 0.438. The van der Waals surface area contributed by atoms with E-state index in [0.29, 0.717) is 5.92 Å². The Labute approximate surface area is 104 Å². The van der Waals surface area contributed by atoms with Gasteiger partial charge in [-0.05, 0) is 19.8 Å². The van der Waals surface area contributed by atoms with Gasteiger partial charge in [-0.2, -0.15) is 4.58 Å². The lowest BCUT2D eigenvalue weighted by molar-refractivity contribution is -0.401. The quantitative estimate of drug-likeness (QED) is 0.675. The Morgan fingerprint density at radius 3 is 2.41 bits per heavy atom. The predicted molar refractivity (Wildman–Crippen MR) is 74.3 cm³/mol. The van der Waals surface area contributed by atoms with E-state index >= 15 is 0 Å². The summed E-state index contributed by atoms with van der Waals surface area (Å²) in [5.41, 5.74) is 4.25. The van der Waals surface area contributed by atoms with Crippen LogP contribution in [-0.2, 0) is 5.41 Å². The molecule has 1 nitrogen and oxygen atoms in total. The summed E-state index contributed by atoms with van der Waals surface area (Å²) in [5, 5.41) is 0. The number of benzene rings is 1. The van der Waals surface area contributed by atoms with E-state index in [1.807, 2.05) is 0 Å². The monoisotopic (exact) mass is 228 g/mol. The highest BCUT2D eigenvalue weighted by Gasteiger charge is 2.42. The van der Waals surface area contributed by atoms with Gasteiger partial charge in [-0.3, -0.25) is 0 Å². The molecule has 0 fully saturated rings. The van der Waals surface area contributed by atoms with Crippen LogP contribution in [0.4, 0.5) is 5.69 Å². The highest BCUT2D eigenvalue weighted by molar-refractivity contribution is 6.02. The van der Waals surface area contributed by atoms with Gasteiger partial charge in [-0.25, -0.2) is 0 Å². The maximum absolute atomic E-state index is 2.31. The van der Waals surface area contributed by atoms with Gasteiger partial charge in [0.25, 0.3) is 0 Å². The molecule has 0 aliphatic carbocycles. The lowest BCUT2D eigenvalue weighted by Crippen LogP contribution is -2.26. The van der Waals surface area contributed by atoms with Gasteiger partial charge >= 0.3 is 0 Å². The first-order valence-electron chi connectivity index (χ1n) is 6.33. The molecule has 0 aromatic heterocycles. The fourth-order valence-corrected chi connectivity index (χ4v) is 2.59. The van der Waals surface area contributed by atoms with Crippen LogP contribution < -0.4 is 0 Å². The minimum Gasteiger partial charge on any atom is -0.198 e. The first kappa shape index (κ1) is 12.1. The van der Waals surface area contributed by atoms with E-state index < -0.39 is 0 Å². The van der Waals surface area contributed by atoms with Crippen molar-refractivity contribution in [2.75, 3.05) is 7.05 Å². The number of rotatable bonds is 2. The zero-order valence-corrected chi connectivity index (χ0v) is 11.5. The first-order valence-corrected chi connectivity index (χ1v) is 6.33. The largest absolute Gasteiger partial charge is 0.209 e. The molecule has 90 valence electrons. The second-order valence-electron chi connectivity index (χ2n) is 5.69. The number of hydrogen-bond donors (Lipinski definition) is 0. The summed E-state index contributed by atoms with van der Waals surface area (Å²) < 4.78 is 2.31. The average Bonchev–Trinajstić information content (AvgIpc) is 2.46. The van der Waals surface area contributed by atoms with Crippen LogP contribution in [0.25, 0.3) is 0 Å². The molecular formula is C16H22N+. The van der Waals surface area contributed by atoms with Gasteiger partial charge in [0, 0.05) is 17.7 Å². The highest BCUT2D eigenvalue weighted by Crippen LogP contribution is 2.38. The van der Waals surface area contributed by atoms with Crippen LogP contribution in [0, 0.1) is 5.92 Å². The molecule has 2 rings (SSSR count). The number of para-hydroxylation sites is 1. The highest BCUT2D eigenvalue weighted by atomic mass is 15.0. The molecule has 1 heterocycles. The lowest BCUT2D eigenvalue weighted by Gasteiger charge is -2.15. The summed E-state index contributed by atoms with van der Waals surface area (Å²) in [5.74, 6) is 0.593. The minimum absolute atomic E-state index is 0.108. The van der Waals surface area contributed by atoms with Crippen molar-refractivity contribution in [3.63, 3.8) is 0 Å². The van der Waals surface area contributed by atoms with Crippen molar-refractivity contribution < 1.29 is 4.58 Å². The van der Waals surface area contributed by atoms with Crippen LogP contribution in [-0.4, -0.2) is 17.3 Å². The third-order valence-electron chi connectivity index (χ3n) is 3.58. The Kier molecular flexibility index (Phi) is 2.94. The molecule has 0 unspecified atom stereocenters. The second-order valence-corrected chi connectivity index (χ2v) is 5.69. The molecule has 1 aromatic carbocycles. The standard InChI is InChI=1S/C16H22N/c1-12(2)10-11-15-16(3,4)13-8-6-7-9-14(13)17(15)5/h6-12H,1-5H3/q+1/b11-10+. The van der Waals surface area contributed by atoms with Crippen molar-refractivity contribution in [1.29, 1.82) is 0 Å².